The second kappa shape index (κ2) is 4.30. The van der Waals surface area contributed by atoms with E-state index in [1.807, 2.05) is 0 Å². The first kappa shape index (κ1) is 9.32. The second-order valence-corrected chi connectivity index (χ2v) is 3.54. The first-order valence-electron chi connectivity index (χ1n) is 4.42. The SMILES string of the molecule is CN1CCCC(CN=C(N)N)C1. The van der Waals surface area contributed by atoms with Crippen LogP contribution in [0.1, 0.15) is 12.8 Å². The van der Waals surface area contributed by atoms with Crippen molar-refractivity contribution in [1.82, 2.24) is 4.90 Å². The van der Waals surface area contributed by atoms with E-state index in [1.54, 1.807) is 0 Å². The number of aliphatic imine (C=N–C) groups is 1. The average molecular weight is 170 g/mol. The van der Waals surface area contributed by atoms with Gasteiger partial charge in [0.05, 0.1) is 0 Å². The van der Waals surface area contributed by atoms with Crippen LogP contribution in [0.25, 0.3) is 0 Å². The molecule has 0 aromatic heterocycles. The summed E-state index contributed by atoms with van der Waals surface area (Å²) in [5.74, 6) is 0.856. The van der Waals surface area contributed by atoms with Crippen LogP contribution >= 0.6 is 0 Å². The number of nitrogens with zero attached hydrogens (tertiary/aromatic N) is 2. The lowest BCUT2D eigenvalue weighted by Gasteiger charge is -2.28. The van der Waals surface area contributed by atoms with Crippen LogP contribution in [0.2, 0.25) is 0 Å². The van der Waals surface area contributed by atoms with Crippen LogP contribution in [0.4, 0.5) is 0 Å². The lowest BCUT2D eigenvalue weighted by molar-refractivity contribution is 0.214. The molecule has 0 radical (unpaired) electrons. The normalized spacial score (nSPS) is 25.2. The quantitative estimate of drug-likeness (QED) is 0.438. The summed E-state index contributed by atoms with van der Waals surface area (Å²) in [7, 11) is 2.14. The molecule has 1 aliphatic rings. The molecule has 1 heterocycles. The van der Waals surface area contributed by atoms with E-state index in [0.29, 0.717) is 5.92 Å². The van der Waals surface area contributed by atoms with E-state index in [0.717, 1.165) is 13.1 Å². The van der Waals surface area contributed by atoms with E-state index in [-0.39, 0.29) is 5.96 Å². The predicted octanol–water partition coefficient (Wildman–Crippen LogP) is -0.398. The first-order chi connectivity index (χ1) is 5.68. The van der Waals surface area contributed by atoms with Crippen LogP contribution in [0.3, 0.4) is 0 Å². The summed E-state index contributed by atoms with van der Waals surface area (Å²) in [6.07, 6.45) is 2.52. The van der Waals surface area contributed by atoms with Gasteiger partial charge < -0.3 is 16.4 Å². The number of guanidine groups is 1. The van der Waals surface area contributed by atoms with E-state index in [1.165, 1.54) is 19.4 Å². The van der Waals surface area contributed by atoms with Gasteiger partial charge in [0.25, 0.3) is 0 Å². The number of nitrogens with two attached hydrogens (primary N) is 2. The largest absolute Gasteiger partial charge is 0.370 e. The van der Waals surface area contributed by atoms with Crippen molar-refractivity contribution in [2.75, 3.05) is 26.7 Å². The molecule has 0 spiro atoms. The van der Waals surface area contributed by atoms with Gasteiger partial charge in [-0.3, -0.25) is 4.99 Å². The van der Waals surface area contributed by atoms with Gasteiger partial charge >= 0.3 is 0 Å². The van der Waals surface area contributed by atoms with Crippen LogP contribution in [0, 0.1) is 5.92 Å². The molecule has 0 bridgehead atoms. The van der Waals surface area contributed by atoms with E-state index in [9.17, 15) is 0 Å². The maximum absolute atomic E-state index is 5.26. The molecule has 0 aromatic rings. The highest BCUT2D eigenvalue weighted by Gasteiger charge is 2.16. The van der Waals surface area contributed by atoms with Crippen molar-refractivity contribution in [3.05, 3.63) is 0 Å². The maximum Gasteiger partial charge on any atom is 0.185 e. The van der Waals surface area contributed by atoms with Crippen LogP contribution in [0.15, 0.2) is 4.99 Å². The number of rotatable bonds is 2. The molecule has 0 aromatic carbocycles. The fourth-order valence-corrected chi connectivity index (χ4v) is 1.66. The van der Waals surface area contributed by atoms with Gasteiger partial charge in [-0.15, -0.1) is 0 Å². The molecule has 1 saturated heterocycles. The summed E-state index contributed by atoms with van der Waals surface area (Å²) in [6.45, 7) is 3.11. The molecule has 1 rings (SSSR count). The minimum Gasteiger partial charge on any atom is -0.370 e. The molecule has 4 heteroatoms. The van der Waals surface area contributed by atoms with E-state index >= 15 is 0 Å². The molecule has 0 aliphatic carbocycles. The highest BCUT2D eigenvalue weighted by Crippen LogP contribution is 2.14. The Balaban J connectivity index is 2.27. The van der Waals surface area contributed by atoms with Gasteiger partial charge in [-0.1, -0.05) is 0 Å². The van der Waals surface area contributed by atoms with Gasteiger partial charge in [0, 0.05) is 13.1 Å². The Morgan fingerprint density at radius 2 is 2.33 bits per heavy atom. The van der Waals surface area contributed by atoms with E-state index in [2.05, 4.69) is 16.9 Å². The van der Waals surface area contributed by atoms with Gasteiger partial charge in [-0.2, -0.15) is 0 Å². The Labute approximate surface area is 73.6 Å². The molecule has 4 nitrogen and oxygen atoms in total. The average Bonchev–Trinajstić information content (AvgIpc) is 2.01. The van der Waals surface area contributed by atoms with Gasteiger partial charge in [0.1, 0.15) is 0 Å². The molecule has 1 atom stereocenters. The Bertz CT molecular complexity index is 162. The Hall–Kier alpha value is -0.770. The van der Waals surface area contributed by atoms with Gasteiger partial charge in [0.2, 0.25) is 0 Å². The third-order valence-electron chi connectivity index (χ3n) is 2.25. The lowest BCUT2D eigenvalue weighted by atomic mass is 9.99. The topological polar surface area (TPSA) is 67.6 Å². The molecule has 12 heavy (non-hydrogen) atoms. The van der Waals surface area contributed by atoms with Crippen molar-refractivity contribution in [2.24, 2.45) is 22.4 Å². The molecule has 4 N–H and O–H groups in total. The van der Waals surface area contributed by atoms with Crippen molar-refractivity contribution >= 4 is 5.96 Å². The van der Waals surface area contributed by atoms with Crippen LogP contribution in [0.5, 0.6) is 0 Å². The smallest absolute Gasteiger partial charge is 0.185 e. The van der Waals surface area contributed by atoms with Gasteiger partial charge in [0.15, 0.2) is 5.96 Å². The third-order valence-corrected chi connectivity index (χ3v) is 2.25. The van der Waals surface area contributed by atoms with Crippen molar-refractivity contribution in [2.45, 2.75) is 12.8 Å². The first-order valence-corrected chi connectivity index (χ1v) is 4.42. The molecule has 0 amide bonds. The minimum atomic E-state index is 0.211. The minimum absolute atomic E-state index is 0.211. The lowest BCUT2D eigenvalue weighted by Crippen LogP contribution is -2.34. The van der Waals surface area contributed by atoms with Crippen molar-refractivity contribution in [1.29, 1.82) is 0 Å². The zero-order valence-electron chi connectivity index (χ0n) is 7.66. The van der Waals surface area contributed by atoms with Crippen molar-refractivity contribution in [3.8, 4) is 0 Å². The van der Waals surface area contributed by atoms with Gasteiger partial charge in [-0.05, 0) is 32.4 Å². The summed E-state index contributed by atoms with van der Waals surface area (Å²) in [5, 5.41) is 0. The fraction of sp³-hybridized carbons (Fsp3) is 0.875. The summed E-state index contributed by atoms with van der Waals surface area (Å²) in [4.78, 5) is 6.36. The number of hydrogen-bond acceptors (Lipinski definition) is 2. The highest BCUT2D eigenvalue weighted by molar-refractivity contribution is 5.75. The third kappa shape index (κ3) is 3.09. The van der Waals surface area contributed by atoms with E-state index < -0.39 is 0 Å². The molecule has 1 fully saturated rings. The highest BCUT2D eigenvalue weighted by atomic mass is 15.1. The predicted molar refractivity (Wildman–Crippen MR) is 50.9 cm³/mol. The number of likely N-dealkylation sites (tertiary alicyclic amines) is 1. The number of hydrogen-bond donors (Lipinski definition) is 2. The molecule has 0 saturated carbocycles. The molecule has 1 aliphatic heterocycles. The summed E-state index contributed by atoms with van der Waals surface area (Å²) in [6, 6.07) is 0. The molecular formula is C8H18N4. The summed E-state index contributed by atoms with van der Waals surface area (Å²) < 4.78 is 0. The fourth-order valence-electron chi connectivity index (χ4n) is 1.66. The van der Waals surface area contributed by atoms with Crippen LogP contribution in [-0.4, -0.2) is 37.5 Å². The van der Waals surface area contributed by atoms with Crippen molar-refractivity contribution in [3.63, 3.8) is 0 Å². The zero-order chi connectivity index (χ0) is 8.97. The monoisotopic (exact) mass is 170 g/mol. The standard InChI is InChI=1S/C8H18N4/c1-12-4-2-3-7(6-12)5-11-8(9)10/h7H,2-6H2,1H3,(H4,9,10,11). The molecule has 1 unspecified atom stereocenters. The molecular weight excluding hydrogens is 152 g/mol. The van der Waals surface area contributed by atoms with Crippen LogP contribution < -0.4 is 11.5 Å². The maximum atomic E-state index is 5.26. The summed E-state index contributed by atoms with van der Waals surface area (Å²) >= 11 is 0. The van der Waals surface area contributed by atoms with E-state index in [4.69, 9.17) is 11.5 Å². The Morgan fingerprint density at radius 1 is 1.58 bits per heavy atom. The van der Waals surface area contributed by atoms with Crippen molar-refractivity contribution < 1.29 is 0 Å². The summed E-state index contributed by atoms with van der Waals surface area (Å²) in [5.41, 5.74) is 10.5. The second-order valence-electron chi connectivity index (χ2n) is 3.54. The molecule has 70 valence electrons. The van der Waals surface area contributed by atoms with Gasteiger partial charge in [-0.25, -0.2) is 0 Å². The Kier molecular flexibility index (Phi) is 3.34. The zero-order valence-corrected chi connectivity index (χ0v) is 7.66. The van der Waals surface area contributed by atoms with Crippen LogP contribution in [-0.2, 0) is 0 Å². The Morgan fingerprint density at radius 3 is 2.92 bits per heavy atom. The number of piperidine rings is 1.